The molecule has 12 aromatic carbocycles. The van der Waals surface area contributed by atoms with E-state index < -0.39 is 0 Å². The van der Waals surface area contributed by atoms with Gasteiger partial charge in [0, 0.05) is 168 Å². The Bertz CT molecular complexity index is 8440. The molecule has 0 N–H and O–H groups in total. The summed E-state index contributed by atoms with van der Waals surface area (Å²) in [6.45, 7) is 0. The van der Waals surface area contributed by atoms with E-state index in [1.165, 1.54) is 258 Å². The number of hydrogen-bond acceptors (Lipinski definition) is 6. The summed E-state index contributed by atoms with van der Waals surface area (Å²) < 4.78 is 0. The number of para-hydroxylation sites is 6. The van der Waals surface area contributed by atoms with Crippen molar-refractivity contribution in [3.63, 3.8) is 0 Å². The summed E-state index contributed by atoms with van der Waals surface area (Å²) in [4.78, 5) is 15.6. The van der Waals surface area contributed by atoms with Crippen molar-refractivity contribution in [2.45, 2.75) is 113 Å². The van der Waals surface area contributed by atoms with E-state index >= 15 is 0 Å². The number of benzene rings is 12. The van der Waals surface area contributed by atoms with Gasteiger partial charge in [-0.15, -0.1) is 0 Å². The SMILES string of the molecule is C1=CC2=C(C1)C1=C(CC=C1)N1c3ccccc3-c3ccccc3C21.C1=CC2=C(C1)C1c3ccccc3-c3ccccc3N1C1=C2C=CC1.C1=CC2=C(C1)C1c3ccccc3C3=C(CC=C3)N1c1ccccc12.C1=CC2=C(C1)N1c3ccccc3-c3ccccc3C1C1=CCC=C12.C1=CC2=C(C1)N1c3ccccc3C3=CCC=C3C1c1ccccc12.C1=CC2=C(C1)c1ccccc1N1C3=C(C=CC3)c3ccccc3C21. The van der Waals surface area contributed by atoms with E-state index in [0.717, 1.165) is 77.0 Å². The molecule has 12 aliphatic carbocycles. The Kier molecular flexibility index (Phi) is 18.4. The Balaban J connectivity index is 0.0000000788. The van der Waals surface area contributed by atoms with Crippen molar-refractivity contribution in [2.75, 3.05) is 29.4 Å². The molecule has 36 rings (SSSR count). The first-order chi connectivity index (χ1) is 71.6. The molecule has 6 nitrogen and oxygen atoms in total. The smallest absolute Gasteiger partial charge is 0.0851 e. The molecule has 0 saturated heterocycles. The van der Waals surface area contributed by atoms with Gasteiger partial charge in [0.2, 0.25) is 0 Å². The van der Waals surface area contributed by atoms with Crippen molar-refractivity contribution >= 4 is 67.6 Å². The monoisotopic (exact) mass is 1840 g/mol. The summed E-state index contributed by atoms with van der Waals surface area (Å²) >= 11 is 0. The molecular formula is C138H102N6. The molecule has 144 heavy (non-hydrogen) atoms. The van der Waals surface area contributed by atoms with Crippen LogP contribution in [0.25, 0.3) is 66.8 Å². The molecule has 684 valence electrons. The minimum atomic E-state index is 0.323. The standard InChI is InChI=1S/6C23H17N/c3*1-2-9-19-15(7-1)18-11-6-14-22(18)24-21-13-4-3-8-17(21)16-10-5-12-20(16)23(19)24;3*1-2-9-19-15(7-1)17-8-3-4-13-21(17)24-22-14-6-11-18(22)16-10-5-12-20(16)23(19)24/h1-4,6-13,23H,5,14H2;1-9,11-13,23H,10,14H2;1-11,13,23H,12,14H2;1-4,6-13,23H,5,14H2;1-9,11-13,23H,10,14H2;1-11,13,23H,12,14H2. The second-order valence-corrected chi connectivity index (χ2v) is 41.3. The van der Waals surface area contributed by atoms with Crippen LogP contribution in [-0.4, -0.2) is 0 Å². The van der Waals surface area contributed by atoms with E-state index in [4.69, 9.17) is 0 Å². The van der Waals surface area contributed by atoms with Crippen LogP contribution in [0.3, 0.4) is 0 Å². The van der Waals surface area contributed by atoms with Crippen LogP contribution in [0.15, 0.2) is 538 Å². The van der Waals surface area contributed by atoms with Gasteiger partial charge >= 0.3 is 0 Å². The fourth-order valence-electron chi connectivity index (χ4n) is 28.9. The summed E-state index contributed by atoms with van der Waals surface area (Å²) in [5, 5.41) is 0. The van der Waals surface area contributed by atoms with E-state index in [1.807, 2.05) is 0 Å². The third-order valence-corrected chi connectivity index (χ3v) is 34.5. The van der Waals surface area contributed by atoms with Gasteiger partial charge in [-0.05, 0) is 214 Å². The van der Waals surface area contributed by atoms with E-state index in [9.17, 15) is 0 Å². The number of anilines is 6. The lowest BCUT2D eigenvalue weighted by atomic mass is 9.78. The zero-order valence-corrected chi connectivity index (χ0v) is 80.2. The zero-order valence-electron chi connectivity index (χ0n) is 80.2. The van der Waals surface area contributed by atoms with Gasteiger partial charge in [-0.2, -0.15) is 0 Å². The second-order valence-electron chi connectivity index (χ2n) is 41.3. The molecule has 0 radical (unpaired) electrons. The molecule has 24 aliphatic rings. The van der Waals surface area contributed by atoms with Gasteiger partial charge in [0.15, 0.2) is 0 Å². The molecule has 0 amide bonds. The largest absolute Gasteiger partial charge is 0.332 e. The van der Waals surface area contributed by atoms with Gasteiger partial charge < -0.3 is 29.4 Å². The maximum atomic E-state index is 2.61. The van der Waals surface area contributed by atoms with E-state index in [2.05, 4.69) is 466 Å². The minimum absolute atomic E-state index is 0.323. The van der Waals surface area contributed by atoms with E-state index in [0.29, 0.717) is 36.3 Å². The molecular weight excluding hydrogens is 1740 g/mol. The fraction of sp³-hybridized carbons (Fsp3) is 0.130. The molecule has 6 atom stereocenters. The van der Waals surface area contributed by atoms with Gasteiger partial charge in [-0.1, -0.05) is 401 Å². The number of fused-ring (bicyclic) bond motifs is 56. The lowest BCUT2D eigenvalue weighted by Crippen LogP contribution is -2.36. The van der Waals surface area contributed by atoms with Gasteiger partial charge in [0.05, 0.1) is 36.3 Å². The van der Waals surface area contributed by atoms with Crippen LogP contribution in [0.4, 0.5) is 34.1 Å². The maximum absolute atomic E-state index is 2.61. The Morgan fingerprint density at radius 1 is 0.167 bits per heavy atom. The van der Waals surface area contributed by atoms with Crippen LogP contribution >= 0.6 is 0 Å². The lowest BCUT2D eigenvalue weighted by molar-refractivity contribution is 0.716. The number of nitrogens with zero attached hydrogens (tertiary/aromatic N) is 6. The van der Waals surface area contributed by atoms with Gasteiger partial charge in [0.25, 0.3) is 0 Å². The molecule has 12 aliphatic heterocycles. The zero-order chi connectivity index (χ0) is 94.0. The Morgan fingerprint density at radius 2 is 0.438 bits per heavy atom. The van der Waals surface area contributed by atoms with Crippen LogP contribution in [0.2, 0.25) is 0 Å². The summed E-state index contributed by atoms with van der Waals surface area (Å²) in [6.07, 6.45) is 68.6. The molecule has 0 saturated carbocycles. The van der Waals surface area contributed by atoms with Crippen molar-refractivity contribution < 1.29 is 0 Å². The van der Waals surface area contributed by atoms with Crippen LogP contribution in [0, 0.1) is 0 Å². The highest BCUT2D eigenvalue weighted by molar-refractivity contribution is 6.03. The van der Waals surface area contributed by atoms with Crippen molar-refractivity contribution in [1.29, 1.82) is 0 Å². The van der Waals surface area contributed by atoms with E-state index in [-0.39, 0.29) is 0 Å². The molecule has 12 aromatic rings. The minimum Gasteiger partial charge on any atom is -0.332 e. The molecule has 6 heteroatoms. The Labute approximate surface area is 842 Å². The first kappa shape index (κ1) is 82.0. The van der Waals surface area contributed by atoms with Crippen molar-refractivity contribution in [3.05, 3.63) is 605 Å². The van der Waals surface area contributed by atoms with Gasteiger partial charge in [-0.3, -0.25) is 0 Å². The number of allylic oxidation sites excluding steroid dienone is 32. The van der Waals surface area contributed by atoms with Crippen LogP contribution < -0.4 is 29.4 Å². The highest BCUT2D eigenvalue weighted by Gasteiger charge is 2.50. The number of hydrogen-bond donors (Lipinski definition) is 0. The van der Waals surface area contributed by atoms with Crippen molar-refractivity contribution in [3.8, 4) is 33.4 Å². The topological polar surface area (TPSA) is 19.4 Å². The van der Waals surface area contributed by atoms with E-state index in [1.54, 1.807) is 11.1 Å². The summed E-state index contributed by atoms with van der Waals surface area (Å²) in [5.74, 6) is 0. The van der Waals surface area contributed by atoms with Gasteiger partial charge in [-0.25, -0.2) is 0 Å². The molecule has 0 fully saturated rings. The summed E-state index contributed by atoms with van der Waals surface area (Å²) in [7, 11) is 0. The molecule has 0 spiro atoms. The molecule has 0 aromatic heterocycles. The first-order valence-electron chi connectivity index (χ1n) is 52.3. The first-order valence-corrected chi connectivity index (χ1v) is 52.3. The van der Waals surface area contributed by atoms with Crippen LogP contribution in [-0.2, 0) is 0 Å². The Hall–Kier alpha value is -16.8. The lowest BCUT2D eigenvalue weighted by Gasteiger charge is -2.45. The molecule has 12 heterocycles. The number of rotatable bonds is 0. The average molecular weight is 1840 g/mol. The quantitative estimate of drug-likeness (QED) is 0.150. The van der Waals surface area contributed by atoms with Crippen LogP contribution in [0.1, 0.15) is 180 Å². The predicted octanol–water partition coefficient (Wildman–Crippen LogP) is 34.0. The summed E-state index contributed by atoms with van der Waals surface area (Å²) in [5.41, 5.74) is 68.7. The molecule has 0 bridgehead atoms. The highest BCUT2D eigenvalue weighted by atomic mass is 15.2. The fourth-order valence-corrected chi connectivity index (χ4v) is 28.9. The third-order valence-electron chi connectivity index (χ3n) is 34.5. The van der Waals surface area contributed by atoms with Crippen molar-refractivity contribution in [1.82, 2.24) is 0 Å². The third kappa shape index (κ3) is 11.9. The van der Waals surface area contributed by atoms with Gasteiger partial charge in [0.1, 0.15) is 0 Å². The summed E-state index contributed by atoms with van der Waals surface area (Å²) in [6, 6.07) is 109. The Morgan fingerprint density at radius 3 is 0.931 bits per heavy atom. The van der Waals surface area contributed by atoms with Crippen molar-refractivity contribution in [2.24, 2.45) is 0 Å². The normalized spacial score (nSPS) is 22.3. The molecule has 6 unspecified atom stereocenters. The second kappa shape index (κ2) is 32.4. The maximum Gasteiger partial charge on any atom is 0.0851 e. The predicted molar refractivity (Wildman–Crippen MR) is 594 cm³/mol. The highest BCUT2D eigenvalue weighted by Crippen LogP contribution is 2.65. The average Bonchev–Trinajstić information content (AvgIpc) is 1.52. The van der Waals surface area contributed by atoms with Crippen LogP contribution in [0.5, 0.6) is 0 Å².